The lowest BCUT2D eigenvalue weighted by atomic mass is 9.77. The first-order valence-corrected chi connectivity index (χ1v) is 25.6. The molecule has 0 aromatic heterocycles. The molecule has 0 aliphatic heterocycles. The molecule has 0 heterocycles. The first-order valence-electron chi connectivity index (χ1n) is 25.6. The van der Waals surface area contributed by atoms with E-state index < -0.39 is 11.2 Å². The molecule has 0 amide bonds. The van der Waals surface area contributed by atoms with Gasteiger partial charge in [-0.1, -0.05) is 291 Å². The normalized spacial score (nSPS) is 17.6. The number of hydrogen-bond donors (Lipinski definition) is 2. The summed E-state index contributed by atoms with van der Waals surface area (Å²) >= 11 is 0. The Balaban J connectivity index is 0.940. The number of aryl methyl sites for hydroxylation is 2. The van der Waals surface area contributed by atoms with E-state index in [-0.39, 0.29) is 0 Å². The maximum Gasteiger partial charge on any atom is 0.142 e. The van der Waals surface area contributed by atoms with Gasteiger partial charge in [0.1, 0.15) is 11.2 Å². The lowest BCUT2D eigenvalue weighted by Crippen LogP contribution is -2.27. The molecule has 0 spiro atoms. The second-order valence-corrected chi connectivity index (χ2v) is 19.2. The minimum atomic E-state index is -1.47. The Kier molecular flexibility index (Phi) is 12.4. The number of hydrogen-bond acceptors (Lipinski definition) is 2. The van der Waals surface area contributed by atoms with Crippen molar-refractivity contribution in [1.82, 2.24) is 0 Å². The van der Waals surface area contributed by atoms with Crippen molar-refractivity contribution < 1.29 is 10.2 Å². The molecule has 12 rings (SSSR count). The Morgan fingerprint density at radius 2 is 0.392 bits per heavy atom. The zero-order chi connectivity index (χ0) is 49.9. The Hall–Kier alpha value is -8.92. The standard InChI is InChI=1S/C72H54O2/c73-71(61-37-21-7-22-38-61)67(57-29-13-3-14-30-57)63(53-25-9-1-10-26-53)65(69(71)59-33-17-5-18-34-59)55-47-43-51(44-48-55)41-42-52-45-49-56(50-46-52)66-64(54-27-11-2-12-28-54)68(58-31-15-4-16-32-58)72(74,62-39-23-8-24-40-62)70(66)60-35-19-6-20-36-60/h1-40,43-50,73-74H,41-42H2. The van der Waals surface area contributed by atoms with Gasteiger partial charge in [0.2, 0.25) is 0 Å². The second kappa shape index (κ2) is 19.9. The zero-order valence-electron chi connectivity index (χ0n) is 41.0. The van der Waals surface area contributed by atoms with Crippen LogP contribution in [0.15, 0.2) is 291 Å². The third-order valence-corrected chi connectivity index (χ3v) is 14.9. The molecule has 0 bridgehead atoms. The smallest absolute Gasteiger partial charge is 0.142 e. The highest BCUT2D eigenvalue weighted by atomic mass is 16.3. The largest absolute Gasteiger partial charge is 0.376 e. The Morgan fingerprint density at radius 1 is 0.203 bits per heavy atom. The van der Waals surface area contributed by atoms with Crippen LogP contribution in [0.3, 0.4) is 0 Å². The van der Waals surface area contributed by atoms with Crippen LogP contribution in [-0.2, 0) is 24.0 Å². The van der Waals surface area contributed by atoms with E-state index in [1.807, 2.05) is 84.9 Å². The Bertz CT molecular complexity index is 3450. The van der Waals surface area contributed by atoms with E-state index in [0.717, 1.165) is 113 Å². The molecule has 0 fully saturated rings. The number of benzene rings is 10. The van der Waals surface area contributed by atoms with Gasteiger partial charge in [-0.2, -0.15) is 0 Å². The average Bonchev–Trinajstić information content (AvgIpc) is 3.93. The molecule has 0 radical (unpaired) electrons. The molecule has 2 nitrogen and oxygen atoms in total. The molecule has 2 N–H and O–H groups in total. The molecule has 2 unspecified atom stereocenters. The van der Waals surface area contributed by atoms with Gasteiger partial charge in [-0.05, 0) is 102 Å². The van der Waals surface area contributed by atoms with Crippen LogP contribution in [0.2, 0.25) is 0 Å². The SMILES string of the molecule is OC1(c2ccccc2)C(c2ccccc2)=C(c2ccccc2)C(c2ccc(CCc3ccc(C4=C(c5ccccc5)C(O)(c5ccccc5)C(c5ccccc5)=C4c4ccccc4)cc3)cc2)=C1c1ccccc1. The van der Waals surface area contributed by atoms with Gasteiger partial charge in [0, 0.05) is 22.3 Å². The van der Waals surface area contributed by atoms with Gasteiger partial charge in [-0.15, -0.1) is 0 Å². The monoisotopic (exact) mass is 950 g/mol. The summed E-state index contributed by atoms with van der Waals surface area (Å²) in [6.45, 7) is 0. The van der Waals surface area contributed by atoms with Crippen LogP contribution in [0.1, 0.15) is 66.8 Å². The molecule has 2 aliphatic rings. The predicted molar refractivity (Wildman–Crippen MR) is 307 cm³/mol. The van der Waals surface area contributed by atoms with Crippen LogP contribution in [0.4, 0.5) is 0 Å². The van der Waals surface area contributed by atoms with E-state index in [4.69, 9.17) is 0 Å². The fourth-order valence-electron chi connectivity index (χ4n) is 11.6. The molecule has 10 aromatic rings. The van der Waals surface area contributed by atoms with Crippen molar-refractivity contribution in [2.75, 3.05) is 0 Å². The van der Waals surface area contributed by atoms with Crippen LogP contribution in [-0.4, -0.2) is 10.2 Å². The van der Waals surface area contributed by atoms with Gasteiger partial charge in [-0.3, -0.25) is 0 Å². The highest BCUT2D eigenvalue weighted by Gasteiger charge is 2.50. The van der Waals surface area contributed by atoms with Crippen LogP contribution in [0, 0.1) is 0 Å². The minimum Gasteiger partial charge on any atom is -0.376 e. The van der Waals surface area contributed by atoms with Crippen LogP contribution in [0.25, 0.3) is 44.6 Å². The van der Waals surface area contributed by atoms with E-state index in [9.17, 15) is 10.2 Å². The average molecular weight is 951 g/mol. The third-order valence-electron chi connectivity index (χ3n) is 14.9. The van der Waals surface area contributed by atoms with E-state index >= 15 is 0 Å². The number of aliphatic hydroxyl groups is 2. The summed E-state index contributed by atoms with van der Waals surface area (Å²) in [7, 11) is 0. The summed E-state index contributed by atoms with van der Waals surface area (Å²) in [6, 6.07) is 101. The number of rotatable bonds is 13. The van der Waals surface area contributed by atoms with E-state index in [1.54, 1.807) is 0 Å². The Labute approximate surface area is 434 Å². The molecule has 2 atom stereocenters. The van der Waals surface area contributed by atoms with Gasteiger partial charge >= 0.3 is 0 Å². The lowest BCUT2D eigenvalue weighted by Gasteiger charge is -2.32. The van der Waals surface area contributed by atoms with Crippen LogP contribution >= 0.6 is 0 Å². The summed E-state index contributed by atoms with van der Waals surface area (Å²) in [6.07, 6.45) is 1.68. The summed E-state index contributed by atoms with van der Waals surface area (Å²) in [5, 5.41) is 27.5. The van der Waals surface area contributed by atoms with E-state index in [1.165, 1.54) is 11.1 Å². The summed E-state index contributed by atoms with van der Waals surface area (Å²) in [5.41, 5.74) is 16.8. The van der Waals surface area contributed by atoms with Gasteiger partial charge in [0.25, 0.3) is 0 Å². The van der Waals surface area contributed by atoms with Crippen molar-refractivity contribution in [3.63, 3.8) is 0 Å². The van der Waals surface area contributed by atoms with Gasteiger partial charge in [0.05, 0.1) is 0 Å². The van der Waals surface area contributed by atoms with Gasteiger partial charge < -0.3 is 10.2 Å². The maximum atomic E-state index is 13.8. The van der Waals surface area contributed by atoms with E-state index in [2.05, 4.69) is 206 Å². The first-order chi connectivity index (χ1) is 36.5. The summed E-state index contributed by atoms with van der Waals surface area (Å²) < 4.78 is 0. The molecule has 74 heavy (non-hydrogen) atoms. The zero-order valence-corrected chi connectivity index (χ0v) is 41.0. The maximum absolute atomic E-state index is 13.8. The van der Waals surface area contributed by atoms with Crippen molar-refractivity contribution in [2.45, 2.75) is 24.0 Å². The van der Waals surface area contributed by atoms with Crippen molar-refractivity contribution in [1.29, 1.82) is 0 Å². The topological polar surface area (TPSA) is 40.5 Å². The Morgan fingerprint density at radius 3 is 0.622 bits per heavy atom. The van der Waals surface area contributed by atoms with Gasteiger partial charge in [0.15, 0.2) is 0 Å². The minimum absolute atomic E-state index is 0.820. The van der Waals surface area contributed by atoms with Crippen LogP contribution in [0.5, 0.6) is 0 Å². The molecule has 2 heteroatoms. The fourth-order valence-corrected chi connectivity index (χ4v) is 11.6. The van der Waals surface area contributed by atoms with Crippen molar-refractivity contribution in [3.05, 3.63) is 358 Å². The summed E-state index contributed by atoms with van der Waals surface area (Å²) in [5.74, 6) is 0. The van der Waals surface area contributed by atoms with Crippen molar-refractivity contribution in [2.24, 2.45) is 0 Å². The van der Waals surface area contributed by atoms with Crippen molar-refractivity contribution >= 4 is 44.6 Å². The highest BCUT2D eigenvalue weighted by molar-refractivity contribution is 6.32. The number of allylic oxidation sites excluding steroid dienone is 4. The third kappa shape index (κ3) is 8.21. The molecule has 0 saturated heterocycles. The lowest BCUT2D eigenvalue weighted by molar-refractivity contribution is 0.167. The predicted octanol–water partition coefficient (Wildman–Crippen LogP) is 16.3. The quantitative estimate of drug-likeness (QED) is 0.121. The molecular weight excluding hydrogens is 897 g/mol. The molecule has 10 aromatic carbocycles. The molecular formula is C72H54O2. The van der Waals surface area contributed by atoms with Crippen LogP contribution < -0.4 is 0 Å². The van der Waals surface area contributed by atoms with Crippen molar-refractivity contribution in [3.8, 4) is 0 Å². The molecule has 354 valence electrons. The molecule has 0 saturated carbocycles. The van der Waals surface area contributed by atoms with E-state index in [0.29, 0.717) is 0 Å². The highest BCUT2D eigenvalue weighted by Crippen LogP contribution is 2.62. The molecule has 2 aliphatic carbocycles. The van der Waals surface area contributed by atoms with Gasteiger partial charge in [-0.25, -0.2) is 0 Å². The summed E-state index contributed by atoms with van der Waals surface area (Å²) in [4.78, 5) is 0. The second-order valence-electron chi connectivity index (χ2n) is 19.2. The first kappa shape index (κ1) is 46.2. The fraction of sp³-hybridized carbons (Fsp3) is 0.0556.